The third kappa shape index (κ3) is 4.07. The van der Waals surface area contributed by atoms with E-state index in [9.17, 15) is 4.79 Å². The lowest BCUT2D eigenvalue weighted by atomic mass is 10.0. The summed E-state index contributed by atoms with van der Waals surface area (Å²) in [5, 5.41) is 3.10. The number of carbonyl (C=O) groups is 1. The number of aryl methyl sites for hydroxylation is 1. The van der Waals surface area contributed by atoms with Gasteiger partial charge in [0.1, 0.15) is 0 Å². The van der Waals surface area contributed by atoms with E-state index in [-0.39, 0.29) is 5.91 Å². The first kappa shape index (κ1) is 15.0. The number of benzene rings is 1. The molecule has 1 amide bonds. The molecular formula is C17H26N2O. The molecule has 1 fully saturated rings. The molecule has 1 N–H and O–H groups in total. The normalized spacial score (nSPS) is 19.2. The largest absolute Gasteiger partial charge is 0.355 e. The maximum Gasteiger partial charge on any atom is 0.224 e. The van der Waals surface area contributed by atoms with Crippen LogP contribution in [0.15, 0.2) is 24.3 Å². The van der Waals surface area contributed by atoms with Crippen molar-refractivity contribution >= 4 is 5.91 Å². The average molecular weight is 274 g/mol. The molecule has 0 aliphatic carbocycles. The molecule has 3 heteroatoms. The van der Waals surface area contributed by atoms with E-state index in [0.717, 1.165) is 31.6 Å². The summed E-state index contributed by atoms with van der Waals surface area (Å²) >= 11 is 0. The summed E-state index contributed by atoms with van der Waals surface area (Å²) in [4.78, 5) is 14.5. The minimum Gasteiger partial charge on any atom is -0.355 e. The molecule has 1 aliphatic rings. The van der Waals surface area contributed by atoms with E-state index in [1.807, 2.05) is 12.1 Å². The van der Waals surface area contributed by atoms with Crippen molar-refractivity contribution in [2.75, 3.05) is 26.2 Å². The Hall–Kier alpha value is -1.35. The quantitative estimate of drug-likeness (QED) is 0.863. The maximum absolute atomic E-state index is 12.1. The second kappa shape index (κ2) is 7.44. The minimum atomic E-state index is 0.154. The molecule has 1 aromatic rings. The first-order valence-electron chi connectivity index (χ1n) is 7.78. The fourth-order valence-corrected chi connectivity index (χ4v) is 2.94. The smallest absolute Gasteiger partial charge is 0.224 e. The van der Waals surface area contributed by atoms with Crippen LogP contribution in [-0.4, -0.2) is 37.0 Å². The van der Waals surface area contributed by atoms with Gasteiger partial charge < -0.3 is 10.2 Å². The fraction of sp³-hybridized carbons (Fsp3) is 0.588. The molecule has 1 unspecified atom stereocenters. The van der Waals surface area contributed by atoms with Gasteiger partial charge in [0, 0.05) is 13.1 Å². The average Bonchev–Trinajstić information content (AvgIpc) is 2.94. The molecule has 1 saturated heterocycles. The molecule has 2 rings (SSSR count). The molecule has 0 aromatic heterocycles. The van der Waals surface area contributed by atoms with Crippen LogP contribution in [-0.2, 0) is 17.6 Å². The predicted octanol–water partition coefficient (Wildman–Crippen LogP) is 2.25. The molecular weight excluding hydrogens is 248 g/mol. The number of rotatable bonds is 6. The van der Waals surface area contributed by atoms with Crippen molar-refractivity contribution in [2.24, 2.45) is 5.92 Å². The van der Waals surface area contributed by atoms with Gasteiger partial charge in [-0.2, -0.15) is 0 Å². The topological polar surface area (TPSA) is 32.3 Å². The van der Waals surface area contributed by atoms with Gasteiger partial charge in [0.25, 0.3) is 0 Å². The predicted molar refractivity (Wildman–Crippen MR) is 82.8 cm³/mol. The summed E-state index contributed by atoms with van der Waals surface area (Å²) in [5.74, 6) is 0.779. The number of hydrogen-bond acceptors (Lipinski definition) is 2. The Morgan fingerprint density at radius 3 is 2.70 bits per heavy atom. The molecule has 0 spiro atoms. The SMILES string of the molecule is CCc1ccccc1CC(=O)NCC1CCN(CC)C1. The second-order valence-electron chi connectivity index (χ2n) is 5.65. The first-order chi connectivity index (χ1) is 9.72. The maximum atomic E-state index is 12.1. The Morgan fingerprint density at radius 2 is 2.05 bits per heavy atom. The van der Waals surface area contributed by atoms with E-state index in [1.165, 1.54) is 18.5 Å². The lowest BCUT2D eigenvalue weighted by Crippen LogP contribution is -2.32. The number of nitrogens with zero attached hydrogens (tertiary/aromatic N) is 1. The van der Waals surface area contributed by atoms with Crippen molar-refractivity contribution in [3.8, 4) is 0 Å². The van der Waals surface area contributed by atoms with Gasteiger partial charge in [0.05, 0.1) is 6.42 Å². The highest BCUT2D eigenvalue weighted by Gasteiger charge is 2.21. The monoisotopic (exact) mass is 274 g/mol. The van der Waals surface area contributed by atoms with E-state index in [4.69, 9.17) is 0 Å². The van der Waals surface area contributed by atoms with Crippen LogP contribution in [0.5, 0.6) is 0 Å². The molecule has 0 radical (unpaired) electrons. The van der Waals surface area contributed by atoms with E-state index >= 15 is 0 Å². The number of amides is 1. The Kier molecular flexibility index (Phi) is 5.60. The lowest BCUT2D eigenvalue weighted by Gasteiger charge is -2.14. The van der Waals surface area contributed by atoms with Crippen molar-refractivity contribution in [3.05, 3.63) is 35.4 Å². The molecule has 1 atom stereocenters. The zero-order chi connectivity index (χ0) is 14.4. The van der Waals surface area contributed by atoms with E-state index < -0.39 is 0 Å². The van der Waals surface area contributed by atoms with Gasteiger partial charge in [0.2, 0.25) is 5.91 Å². The van der Waals surface area contributed by atoms with Crippen molar-refractivity contribution in [1.29, 1.82) is 0 Å². The molecule has 110 valence electrons. The molecule has 0 saturated carbocycles. The zero-order valence-corrected chi connectivity index (χ0v) is 12.7. The Labute approximate surface area is 122 Å². The van der Waals surface area contributed by atoms with Crippen LogP contribution >= 0.6 is 0 Å². The van der Waals surface area contributed by atoms with Crippen molar-refractivity contribution in [1.82, 2.24) is 10.2 Å². The van der Waals surface area contributed by atoms with Gasteiger partial charge >= 0.3 is 0 Å². The summed E-state index contributed by atoms with van der Waals surface area (Å²) < 4.78 is 0. The third-order valence-corrected chi connectivity index (χ3v) is 4.26. The van der Waals surface area contributed by atoms with Gasteiger partial charge in [0.15, 0.2) is 0 Å². The van der Waals surface area contributed by atoms with Crippen LogP contribution in [0.3, 0.4) is 0 Å². The molecule has 1 aromatic carbocycles. The van der Waals surface area contributed by atoms with Crippen molar-refractivity contribution in [2.45, 2.75) is 33.1 Å². The molecule has 20 heavy (non-hydrogen) atoms. The van der Waals surface area contributed by atoms with Crippen LogP contribution in [0.2, 0.25) is 0 Å². The summed E-state index contributed by atoms with van der Waals surface area (Å²) in [5.41, 5.74) is 2.44. The van der Waals surface area contributed by atoms with Crippen LogP contribution in [0, 0.1) is 5.92 Å². The highest BCUT2D eigenvalue weighted by atomic mass is 16.1. The second-order valence-corrected chi connectivity index (χ2v) is 5.65. The van der Waals surface area contributed by atoms with Crippen molar-refractivity contribution in [3.63, 3.8) is 0 Å². The van der Waals surface area contributed by atoms with E-state index in [1.54, 1.807) is 0 Å². The Morgan fingerprint density at radius 1 is 1.30 bits per heavy atom. The summed E-state index contributed by atoms with van der Waals surface area (Å²) in [6, 6.07) is 8.22. The molecule has 3 nitrogen and oxygen atoms in total. The number of carbonyl (C=O) groups excluding carboxylic acids is 1. The van der Waals surface area contributed by atoms with Gasteiger partial charge in [-0.1, -0.05) is 38.1 Å². The van der Waals surface area contributed by atoms with Gasteiger partial charge in [-0.25, -0.2) is 0 Å². The lowest BCUT2D eigenvalue weighted by molar-refractivity contribution is -0.120. The number of hydrogen-bond donors (Lipinski definition) is 1. The number of nitrogens with one attached hydrogen (secondary N) is 1. The standard InChI is InChI=1S/C17H26N2O/c1-3-15-7-5-6-8-16(15)11-17(20)18-12-14-9-10-19(4-2)13-14/h5-8,14H,3-4,9-13H2,1-2H3,(H,18,20). The summed E-state index contributed by atoms with van der Waals surface area (Å²) in [6.07, 6.45) is 2.70. The first-order valence-corrected chi connectivity index (χ1v) is 7.78. The molecule has 0 bridgehead atoms. The summed E-state index contributed by atoms with van der Waals surface area (Å²) in [6.45, 7) is 8.58. The van der Waals surface area contributed by atoms with Crippen LogP contribution in [0.25, 0.3) is 0 Å². The van der Waals surface area contributed by atoms with E-state index in [0.29, 0.717) is 12.3 Å². The molecule has 1 aliphatic heterocycles. The minimum absolute atomic E-state index is 0.154. The highest BCUT2D eigenvalue weighted by molar-refractivity contribution is 5.78. The number of likely N-dealkylation sites (tertiary alicyclic amines) is 1. The Bertz CT molecular complexity index is 444. The van der Waals surface area contributed by atoms with Crippen molar-refractivity contribution < 1.29 is 4.79 Å². The molecule has 1 heterocycles. The zero-order valence-electron chi connectivity index (χ0n) is 12.7. The van der Waals surface area contributed by atoms with Crippen LogP contribution in [0.1, 0.15) is 31.4 Å². The van der Waals surface area contributed by atoms with Gasteiger partial charge in [-0.15, -0.1) is 0 Å². The van der Waals surface area contributed by atoms with Gasteiger partial charge in [-0.05, 0) is 43.0 Å². The Balaban J connectivity index is 1.78. The fourth-order valence-electron chi connectivity index (χ4n) is 2.94. The summed E-state index contributed by atoms with van der Waals surface area (Å²) in [7, 11) is 0. The third-order valence-electron chi connectivity index (χ3n) is 4.26. The van der Waals surface area contributed by atoms with Crippen LogP contribution < -0.4 is 5.32 Å². The van der Waals surface area contributed by atoms with E-state index in [2.05, 4.69) is 36.2 Å². The van der Waals surface area contributed by atoms with Crippen LogP contribution in [0.4, 0.5) is 0 Å². The highest BCUT2D eigenvalue weighted by Crippen LogP contribution is 2.15. The van der Waals surface area contributed by atoms with Gasteiger partial charge in [-0.3, -0.25) is 4.79 Å².